The number of nitrogens with one attached hydrogen (secondary N) is 1. The lowest BCUT2D eigenvalue weighted by Gasteiger charge is -2.13. The lowest BCUT2D eigenvalue weighted by molar-refractivity contribution is 0.0952. The Bertz CT molecular complexity index is 1140. The minimum absolute atomic E-state index is 0.124. The Morgan fingerprint density at radius 2 is 1.90 bits per heavy atom. The maximum Gasteiger partial charge on any atom is 0.275 e. The van der Waals surface area contributed by atoms with Gasteiger partial charge in [0.25, 0.3) is 5.91 Å². The van der Waals surface area contributed by atoms with Crippen molar-refractivity contribution in [2.45, 2.75) is 6.61 Å². The first-order chi connectivity index (χ1) is 14.9. The highest BCUT2D eigenvalue weighted by Crippen LogP contribution is 2.34. The van der Waals surface area contributed by atoms with Crippen LogP contribution in [0.5, 0.6) is 17.2 Å². The molecular formula is C22H17BrCl2N2O4. The number of benzene rings is 3. The quantitative estimate of drug-likeness (QED) is 0.302. The molecule has 0 spiro atoms. The van der Waals surface area contributed by atoms with Gasteiger partial charge in [0.2, 0.25) is 0 Å². The van der Waals surface area contributed by atoms with Crippen LogP contribution in [0.1, 0.15) is 21.5 Å². The molecule has 3 aromatic carbocycles. The third-order valence-electron chi connectivity index (χ3n) is 4.18. The Labute approximate surface area is 197 Å². The monoisotopic (exact) mass is 522 g/mol. The normalized spacial score (nSPS) is 10.8. The van der Waals surface area contributed by atoms with Crippen LogP contribution in [0, 0.1) is 0 Å². The van der Waals surface area contributed by atoms with Crippen LogP contribution in [0.15, 0.2) is 64.2 Å². The molecule has 0 aliphatic heterocycles. The Morgan fingerprint density at radius 3 is 2.61 bits per heavy atom. The van der Waals surface area contributed by atoms with E-state index < -0.39 is 5.91 Å². The van der Waals surface area contributed by atoms with E-state index in [1.54, 1.807) is 36.4 Å². The van der Waals surface area contributed by atoms with Crippen molar-refractivity contribution >= 4 is 51.3 Å². The van der Waals surface area contributed by atoms with Gasteiger partial charge in [0.05, 0.1) is 28.9 Å². The summed E-state index contributed by atoms with van der Waals surface area (Å²) in [6.45, 7) is 0.268. The van der Waals surface area contributed by atoms with Crippen molar-refractivity contribution in [3.8, 4) is 17.2 Å². The van der Waals surface area contributed by atoms with Gasteiger partial charge in [-0.25, -0.2) is 5.43 Å². The average molecular weight is 524 g/mol. The summed E-state index contributed by atoms with van der Waals surface area (Å²) in [5.41, 5.74) is 4.01. The minimum atomic E-state index is -0.529. The van der Waals surface area contributed by atoms with Crippen LogP contribution in [0.25, 0.3) is 0 Å². The Morgan fingerprint density at radius 1 is 1.13 bits per heavy atom. The van der Waals surface area contributed by atoms with Crippen molar-refractivity contribution in [2.75, 3.05) is 7.11 Å². The SMILES string of the molecule is COc1cc(/C=N\NC(=O)c2ccccc2O)c(Br)cc1OCc1ccc(Cl)c(Cl)c1. The van der Waals surface area contributed by atoms with Crippen LogP contribution in [0.4, 0.5) is 0 Å². The van der Waals surface area contributed by atoms with Crippen LogP contribution in [-0.4, -0.2) is 24.3 Å². The standard InChI is InChI=1S/C22H17BrCl2N2O4/c1-30-20-9-14(11-26-27-22(29)15-4-2-3-5-19(15)28)16(23)10-21(20)31-12-13-6-7-17(24)18(25)8-13/h2-11,28H,12H2,1H3,(H,27,29)/b26-11-. The van der Waals surface area contributed by atoms with Crippen LogP contribution in [0.2, 0.25) is 10.0 Å². The van der Waals surface area contributed by atoms with Crippen molar-refractivity contribution in [2.24, 2.45) is 5.10 Å². The van der Waals surface area contributed by atoms with Crippen LogP contribution < -0.4 is 14.9 Å². The molecule has 3 rings (SSSR count). The molecule has 0 fully saturated rings. The third kappa shape index (κ3) is 5.91. The number of nitrogens with zero attached hydrogens (tertiary/aromatic N) is 1. The fraction of sp³-hybridized carbons (Fsp3) is 0.0909. The molecule has 0 radical (unpaired) electrons. The predicted octanol–water partition coefficient (Wildman–Crippen LogP) is 5.81. The number of methoxy groups -OCH3 is 1. The van der Waals surface area contributed by atoms with Gasteiger partial charge >= 0.3 is 0 Å². The molecule has 9 heteroatoms. The van der Waals surface area contributed by atoms with E-state index in [9.17, 15) is 9.90 Å². The van der Waals surface area contributed by atoms with Gasteiger partial charge in [0.15, 0.2) is 11.5 Å². The average Bonchev–Trinajstić information content (AvgIpc) is 2.76. The number of phenolic OH excluding ortho intramolecular Hbond substituents is 1. The lowest BCUT2D eigenvalue weighted by Crippen LogP contribution is -2.17. The zero-order chi connectivity index (χ0) is 22.4. The highest BCUT2D eigenvalue weighted by atomic mass is 79.9. The maximum absolute atomic E-state index is 12.1. The zero-order valence-corrected chi connectivity index (χ0v) is 19.3. The fourth-order valence-corrected chi connectivity index (χ4v) is 3.34. The highest BCUT2D eigenvalue weighted by Gasteiger charge is 2.12. The molecule has 0 aliphatic carbocycles. The second kappa shape index (κ2) is 10.5. The molecule has 2 N–H and O–H groups in total. The number of halogens is 3. The Hall–Kier alpha value is -2.74. The molecule has 31 heavy (non-hydrogen) atoms. The smallest absolute Gasteiger partial charge is 0.275 e. The summed E-state index contributed by atoms with van der Waals surface area (Å²) < 4.78 is 11.9. The van der Waals surface area contributed by atoms with E-state index in [4.69, 9.17) is 32.7 Å². The summed E-state index contributed by atoms with van der Waals surface area (Å²) >= 11 is 15.4. The van der Waals surface area contributed by atoms with Gasteiger partial charge in [0, 0.05) is 10.0 Å². The number of amides is 1. The van der Waals surface area contributed by atoms with E-state index in [-0.39, 0.29) is 17.9 Å². The maximum atomic E-state index is 12.1. The summed E-state index contributed by atoms with van der Waals surface area (Å²) in [5, 5.41) is 14.6. The van der Waals surface area contributed by atoms with E-state index in [2.05, 4.69) is 26.5 Å². The first kappa shape index (κ1) is 22.9. The van der Waals surface area contributed by atoms with Crippen molar-refractivity contribution in [3.63, 3.8) is 0 Å². The van der Waals surface area contributed by atoms with Gasteiger partial charge in [0.1, 0.15) is 12.4 Å². The molecule has 0 unspecified atom stereocenters. The molecule has 0 heterocycles. The summed E-state index contributed by atoms with van der Waals surface area (Å²) in [4.78, 5) is 12.1. The molecule has 0 atom stereocenters. The Kier molecular flexibility index (Phi) is 7.79. The second-order valence-electron chi connectivity index (χ2n) is 6.28. The third-order valence-corrected chi connectivity index (χ3v) is 5.61. The van der Waals surface area contributed by atoms with E-state index in [0.29, 0.717) is 31.6 Å². The van der Waals surface area contributed by atoms with Crippen molar-refractivity contribution < 1.29 is 19.4 Å². The molecular weight excluding hydrogens is 507 g/mol. The van der Waals surface area contributed by atoms with Gasteiger partial charge in [-0.1, -0.05) is 41.4 Å². The molecule has 160 valence electrons. The number of aromatic hydroxyl groups is 1. The number of ether oxygens (including phenoxy) is 2. The van der Waals surface area contributed by atoms with Gasteiger partial charge in [-0.2, -0.15) is 5.10 Å². The molecule has 3 aromatic rings. The number of rotatable bonds is 7. The summed E-state index contributed by atoms with van der Waals surface area (Å²) in [6.07, 6.45) is 1.45. The number of carbonyl (C=O) groups excluding carboxylic acids is 1. The number of carbonyl (C=O) groups is 1. The van der Waals surface area contributed by atoms with E-state index in [0.717, 1.165) is 5.56 Å². The van der Waals surface area contributed by atoms with E-state index >= 15 is 0 Å². The van der Waals surface area contributed by atoms with Crippen molar-refractivity contribution in [3.05, 3.63) is 85.8 Å². The zero-order valence-electron chi connectivity index (χ0n) is 16.2. The summed E-state index contributed by atoms with van der Waals surface area (Å²) in [5.74, 6) is 0.341. The van der Waals surface area contributed by atoms with Gasteiger partial charge in [-0.3, -0.25) is 4.79 Å². The summed E-state index contributed by atoms with van der Waals surface area (Å²) in [6, 6.07) is 14.9. The van der Waals surface area contributed by atoms with E-state index in [1.165, 1.54) is 25.5 Å². The molecule has 0 aliphatic rings. The molecule has 0 bridgehead atoms. The highest BCUT2D eigenvalue weighted by molar-refractivity contribution is 9.10. The number of hydrogen-bond donors (Lipinski definition) is 2. The second-order valence-corrected chi connectivity index (χ2v) is 7.95. The molecule has 6 nitrogen and oxygen atoms in total. The van der Waals surface area contributed by atoms with Crippen molar-refractivity contribution in [1.82, 2.24) is 5.43 Å². The summed E-state index contributed by atoms with van der Waals surface area (Å²) in [7, 11) is 1.52. The number of phenols is 1. The van der Waals surface area contributed by atoms with Crippen LogP contribution in [-0.2, 0) is 6.61 Å². The lowest BCUT2D eigenvalue weighted by atomic mass is 10.2. The first-order valence-electron chi connectivity index (χ1n) is 8.94. The number of hydrazone groups is 1. The van der Waals surface area contributed by atoms with Gasteiger partial charge in [-0.15, -0.1) is 0 Å². The topological polar surface area (TPSA) is 80.2 Å². The molecule has 0 saturated heterocycles. The Balaban J connectivity index is 1.71. The van der Waals surface area contributed by atoms with Gasteiger partial charge < -0.3 is 14.6 Å². The van der Waals surface area contributed by atoms with Gasteiger partial charge in [-0.05, 0) is 57.9 Å². The van der Waals surface area contributed by atoms with Crippen LogP contribution in [0.3, 0.4) is 0 Å². The number of para-hydroxylation sites is 1. The van der Waals surface area contributed by atoms with E-state index in [1.807, 2.05) is 6.07 Å². The van der Waals surface area contributed by atoms with Crippen LogP contribution >= 0.6 is 39.1 Å². The first-order valence-corrected chi connectivity index (χ1v) is 10.5. The molecule has 0 saturated carbocycles. The molecule has 1 amide bonds. The minimum Gasteiger partial charge on any atom is -0.507 e. The molecule has 0 aromatic heterocycles. The number of hydrogen-bond acceptors (Lipinski definition) is 5. The largest absolute Gasteiger partial charge is 0.507 e. The van der Waals surface area contributed by atoms with Crippen molar-refractivity contribution in [1.29, 1.82) is 0 Å². The fourth-order valence-electron chi connectivity index (χ4n) is 2.60. The predicted molar refractivity (Wildman–Crippen MR) is 125 cm³/mol.